The van der Waals surface area contributed by atoms with Crippen LogP contribution in [0.4, 0.5) is 0 Å². The smallest absolute Gasteiger partial charge is 0.227 e. The first-order valence-electron chi connectivity index (χ1n) is 8.19. The Kier molecular flexibility index (Phi) is 5.08. The van der Waals surface area contributed by atoms with Gasteiger partial charge in [-0.3, -0.25) is 4.79 Å². The molecule has 2 aliphatic rings. The lowest BCUT2D eigenvalue weighted by atomic mass is 9.97. The zero-order chi connectivity index (χ0) is 16.4. The van der Waals surface area contributed by atoms with Gasteiger partial charge < -0.3 is 9.80 Å². The third kappa shape index (κ3) is 3.78. The second-order valence-corrected chi connectivity index (χ2v) is 9.87. The highest BCUT2D eigenvalue weighted by Gasteiger charge is 2.35. The third-order valence-electron chi connectivity index (χ3n) is 4.89. The summed E-state index contributed by atoms with van der Waals surface area (Å²) >= 11 is 1.49. The van der Waals surface area contributed by atoms with Gasteiger partial charge >= 0.3 is 0 Å². The third-order valence-corrected chi connectivity index (χ3v) is 8.13. The standard InChI is InChI=1S/C16H24N2O3S2/c1-17-7-2-4-13(12-17)16(19)18-8-6-15(14-5-3-10-22-14)23(20,21)11-9-18/h3,5,10,13,15H,2,4,6-9,11-12H2,1H3. The van der Waals surface area contributed by atoms with Crippen molar-refractivity contribution in [2.45, 2.75) is 24.5 Å². The second-order valence-electron chi connectivity index (χ2n) is 6.59. The number of amides is 1. The van der Waals surface area contributed by atoms with E-state index in [9.17, 15) is 13.2 Å². The maximum absolute atomic E-state index is 12.8. The number of likely N-dealkylation sites (tertiary alicyclic amines) is 1. The molecule has 0 spiro atoms. The monoisotopic (exact) mass is 356 g/mol. The van der Waals surface area contributed by atoms with Crippen molar-refractivity contribution in [2.75, 3.05) is 39.0 Å². The predicted octanol–water partition coefficient (Wildman–Crippen LogP) is 1.78. The Morgan fingerprint density at radius 2 is 2.09 bits per heavy atom. The molecule has 5 nitrogen and oxygen atoms in total. The first-order valence-corrected chi connectivity index (χ1v) is 10.8. The summed E-state index contributed by atoms with van der Waals surface area (Å²) in [6.45, 7) is 2.71. The van der Waals surface area contributed by atoms with Crippen molar-refractivity contribution in [3.8, 4) is 0 Å². The summed E-state index contributed by atoms with van der Waals surface area (Å²) < 4.78 is 25.1. The fourth-order valence-corrected chi connectivity index (χ4v) is 6.59. The first-order chi connectivity index (χ1) is 11.0. The van der Waals surface area contributed by atoms with E-state index in [2.05, 4.69) is 4.90 Å². The molecule has 0 aromatic carbocycles. The predicted molar refractivity (Wildman–Crippen MR) is 92.3 cm³/mol. The molecule has 2 saturated heterocycles. The molecule has 7 heteroatoms. The van der Waals surface area contributed by atoms with Gasteiger partial charge in [0.1, 0.15) is 0 Å². The first kappa shape index (κ1) is 16.9. The van der Waals surface area contributed by atoms with E-state index >= 15 is 0 Å². The Morgan fingerprint density at radius 3 is 2.78 bits per heavy atom. The molecule has 0 saturated carbocycles. The van der Waals surface area contributed by atoms with E-state index in [0.29, 0.717) is 19.5 Å². The van der Waals surface area contributed by atoms with Crippen molar-refractivity contribution < 1.29 is 13.2 Å². The number of nitrogens with zero attached hydrogens (tertiary/aromatic N) is 2. The van der Waals surface area contributed by atoms with Crippen LogP contribution in [0.1, 0.15) is 29.4 Å². The van der Waals surface area contributed by atoms with E-state index in [1.807, 2.05) is 24.6 Å². The molecule has 1 aromatic heterocycles. The molecule has 1 amide bonds. The maximum atomic E-state index is 12.8. The summed E-state index contributed by atoms with van der Waals surface area (Å²) in [6.07, 6.45) is 2.47. The fourth-order valence-electron chi connectivity index (χ4n) is 3.58. The van der Waals surface area contributed by atoms with E-state index in [0.717, 1.165) is 30.8 Å². The van der Waals surface area contributed by atoms with Crippen molar-refractivity contribution in [1.82, 2.24) is 9.80 Å². The van der Waals surface area contributed by atoms with Crippen molar-refractivity contribution in [3.05, 3.63) is 22.4 Å². The molecular formula is C16H24N2O3S2. The Balaban J connectivity index is 1.71. The van der Waals surface area contributed by atoms with Crippen molar-refractivity contribution >= 4 is 27.1 Å². The zero-order valence-electron chi connectivity index (χ0n) is 13.5. The topological polar surface area (TPSA) is 57.7 Å². The van der Waals surface area contributed by atoms with E-state index in [4.69, 9.17) is 0 Å². The van der Waals surface area contributed by atoms with Gasteiger partial charge in [-0.15, -0.1) is 11.3 Å². The van der Waals surface area contributed by atoms with Gasteiger partial charge in [-0.05, 0) is 44.3 Å². The number of carbonyl (C=O) groups excluding carboxylic acids is 1. The zero-order valence-corrected chi connectivity index (χ0v) is 15.1. The Hall–Kier alpha value is -0.920. The molecule has 23 heavy (non-hydrogen) atoms. The molecule has 2 fully saturated rings. The summed E-state index contributed by atoms with van der Waals surface area (Å²) in [5.74, 6) is 0.234. The van der Waals surface area contributed by atoms with Crippen molar-refractivity contribution in [1.29, 1.82) is 0 Å². The van der Waals surface area contributed by atoms with E-state index in [1.165, 1.54) is 11.3 Å². The number of hydrogen-bond acceptors (Lipinski definition) is 5. The van der Waals surface area contributed by atoms with Crippen LogP contribution in [0.15, 0.2) is 17.5 Å². The minimum Gasteiger partial charge on any atom is -0.341 e. The maximum Gasteiger partial charge on any atom is 0.227 e. The van der Waals surface area contributed by atoms with Crippen LogP contribution in [-0.2, 0) is 14.6 Å². The van der Waals surface area contributed by atoms with Gasteiger partial charge in [0.05, 0.1) is 16.9 Å². The number of carbonyl (C=O) groups is 1. The molecule has 2 unspecified atom stereocenters. The van der Waals surface area contributed by atoms with Crippen LogP contribution in [0, 0.1) is 5.92 Å². The summed E-state index contributed by atoms with van der Waals surface area (Å²) in [5, 5.41) is 1.46. The average molecular weight is 357 g/mol. The van der Waals surface area contributed by atoms with Crippen LogP contribution >= 0.6 is 11.3 Å². The Morgan fingerprint density at radius 1 is 1.26 bits per heavy atom. The number of sulfone groups is 1. The van der Waals surface area contributed by atoms with E-state index < -0.39 is 15.1 Å². The molecule has 128 valence electrons. The van der Waals surface area contributed by atoms with Crippen LogP contribution in [0.3, 0.4) is 0 Å². The normalized spacial score (nSPS) is 29.2. The molecule has 2 aliphatic heterocycles. The summed E-state index contributed by atoms with van der Waals surface area (Å²) in [5.41, 5.74) is 0. The van der Waals surface area contributed by atoms with Gasteiger partial charge in [0, 0.05) is 24.5 Å². The van der Waals surface area contributed by atoms with Gasteiger partial charge in [0.25, 0.3) is 0 Å². The summed E-state index contributed by atoms with van der Waals surface area (Å²) in [6, 6.07) is 3.78. The number of thiophene rings is 1. The van der Waals surface area contributed by atoms with Gasteiger partial charge in [0.2, 0.25) is 5.91 Å². The van der Waals surface area contributed by atoms with Crippen molar-refractivity contribution in [2.24, 2.45) is 5.92 Å². The lowest BCUT2D eigenvalue weighted by molar-refractivity contribution is -0.136. The minimum atomic E-state index is -3.18. The molecule has 0 radical (unpaired) electrons. The fraction of sp³-hybridized carbons (Fsp3) is 0.688. The highest BCUT2D eigenvalue weighted by atomic mass is 32.2. The molecule has 2 atom stereocenters. The molecule has 0 N–H and O–H groups in total. The lowest BCUT2D eigenvalue weighted by Gasteiger charge is -2.32. The molecule has 0 bridgehead atoms. The molecule has 0 aliphatic carbocycles. The van der Waals surface area contributed by atoms with Gasteiger partial charge in [-0.25, -0.2) is 8.42 Å². The average Bonchev–Trinajstić information content (AvgIpc) is 2.98. The Bertz CT molecular complexity index is 642. The van der Waals surface area contributed by atoms with Crippen molar-refractivity contribution in [3.63, 3.8) is 0 Å². The van der Waals surface area contributed by atoms with Gasteiger partial charge in [-0.1, -0.05) is 6.07 Å². The van der Waals surface area contributed by atoms with Crippen LogP contribution < -0.4 is 0 Å². The molecule has 3 heterocycles. The number of piperidine rings is 1. The highest BCUT2D eigenvalue weighted by Crippen LogP contribution is 2.33. The SMILES string of the molecule is CN1CCCC(C(=O)N2CCC(c3cccs3)S(=O)(=O)CC2)C1. The van der Waals surface area contributed by atoms with E-state index in [-0.39, 0.29) is 17.6 Å². The quantitative estimate of drug-likeness (QED) is 0.810. The summed E-state index contributed by atoms with van der Waals surface area (Å²) in [7, 11) is -1.14. The van der Waals surface area contributed by atoms with Gasteiger partial charge in [-0.2, -0.15) is 0 Å². The van der Waals surface area contributed by atoms with Crippen LogP contribution in [0.25, 0.3) is 0 Å². The van der Waals surface area contributed by atoms with Crippen LogP contribution in [0.5, 0.6) is 0 Å². The van der Waals surface area contributed by atoms with Crippen LogP contribution in [-0.4, -0.2) is 63.1 Å². The minimum absolute atomic E-state index is 0.0229. The summed E-state index contributed by atoms with van der Waals surface area (Å²) in [4.78, 5) is 17.6. The molecular weight excluding hydrogens is 332 g/mol. The molecule has 3 rings (SSSR count). The largest absolute Gasteiger partial charge is 0.341 e. The number of rotatable bonds is 2. The second kappa shape index (κ2) is 6.91. The highest BCUT2D eigenvalue weighted by molar-refractivity contribution is 7.91. The van der Waals surface area contributed by atoms with Crippen LogP contribution in [0.2, 0.25) is 0 Å². The van der Waals surface area contributed by atoms with E-state index in [1.54, 1.807) is 4.90 Å². The molecule has 1 aromatic rings. The Labute approximate surface area is 142 Å². The number of hydrogen-bond donors (Lipinski definition) is 0. The lowest BCUT2D eigenvalue weighted by Crippen LogP contribution is -2.44. The van der Waals surface area contributed by atoms with Gasteiger partial charge in [0.15, 0.2) is 9.84 Å².